The van der Waals surface area contributed by atoms with Crippen LogP contribution < -0.4 is 4.74 Å². The van der Waals surface area contributed by atoms with Crippen LogP contribution in [0.15, 0.2) is 53.4 Å². The molecule has 2 aromatic rings. The Morgan fingerprint density at radius 3 is 2.15 bits per heavy atom. The SMILES string of the molecule is COc1ccc(S(=O)(=O)N2CCN(Cc3ccc(C#N)cc3)CC2)cc1. The molecule has 26 heavy (non-hydrogen) atoms. The number of methoxy groups -OCH3 is 1. The van der Waals surface area contributed by atoms with Gasteiger partial charge in [0.05, 0.1) is 23.6 Å². The zero-order valence-electron chi connectivity index (χ0n) is 14.6. The van der Waals surface area contributed by atoms with Crippen LogP contribution in [0.4, 0.5) is 0 Å². The molecule has 136 valence electrons. The Morgan fingerprint density at radius 1 is 1.00 bits per heavy atom. The molecule has 1 fully saturated rings. The van der Waals surface area contributed by atoms with Gasteiger partial charge in [-0.15, -0.1) is 0 Å². The van der Waals surface area contributed by atoms with E-state index in [9.17, 15) is 8.42 Å². The van der Waals surface area contributed by atoms with E-state index in [1.807, 2.05) is 12.1 Å². The summed E-state index contributed by atoms with van der Waals surface area (Å²) < 4.78 is 32.1. The lowest BCUT2D eigenvalue weighted by Gasteiger charge is -2.34. The Hall–Kier alpha value is -2.40. The van der Waals surface area contributed by atoms with E-state index in [-0.39, 0.29) is 0 Å². The highest BCUT2D eigenvalue weighted by atomic mass is 32.2. The van der Waals surface area contributed by atoms with E-state index in [0.717, 1.165) is 12.1 Å². The number of piperazine rings is 1. The van der Waals surface area contributed by atoms with Gasteiger partial charge < -0.3 is 4.74 Å². The van der Waals surface area contributed by atoms with Crippen LogP contribution >= 0.6 is 0 Å². The molecule has 7 heteroatoms. The quantitative estimate of drug-likeness (QED) is 0.804. The fraction of sp³-hybridized carbons (Fsp3) is 0.316. The molecule has 0 atom stereocenters. The molecule has 6 nitrogen and oxygen atoms in total. The van der Waals surface area contributed by atoms with Crippen molar-refractivity contribution in [1.29, 1.82) is 5.26 Å². The second-order valence-electron chi connectivity index (χ2n) is 6.16. The van der Waals surface area contributed by atoms with Crippen LogP contribution in [0.2, 0.25) is 0 Å². The summed E-state index contributed by atoms with van der Waals surface area (Å²) in [6.45, 7) is 3.03. The smallest absolute Gasteiger partial charge is 0.243 e. The maximum absolute atomic E-state index is 12.8. The number of benzene rings is 2. The van der Waals surface area contributed by atoms with Crippen LogP contribution in [0.5, 0.6) is 5.75 Å². The van der Waals surface area contributed by atoms with Crippen LogP contribution in [-0.2, 0) is 16.6 Å². The largest absolute Gasteiger partial charge is 0.497 e. The number of nitriles is 1. The molecule has 3 rings (SSSR count). The topological polar surface area (TPSA) is 73.6 Å². The predicted molar refractivity (Wildman–Crippen MR) is 98.2 cm³/mol. The zero-order chi connectivity index (χ0) is 18.6. The third-order valence-corrected chi connectivity index (χ3v) is 6.43. The van der Waals surface area contributed by atoms with Crippen molar-refractivity contribution < 1.29 is 13.2 Å². The van der Waals surface area contributed by atoms with Gasteiger partial charge >= 0.3 is 0 Å². The lowest BCUT2D eigenvalue weighted by atomic mass is 10.1. The molecule has 2 aromatic carbocycles. The summed E-state index contributed by atoms with van der Waals surface area (Å²) in [5.74, 6) is 0.635. The van der Waals surface area contributed by atoms with Gasteiger partial charge in [-0.3, -0.25) is 4.90 Å². The molecule has 1 heterocycles. The van der Waals surface area contributed by atoms with Gasteiger partial charge in [-0.2, -0.15) is 9.57 Å². The lowest BCUT2D eigenvalue weighted by molar-refractivity contribution is 0.181. The van der Waals surface area contributed by atoms with Crippen molar-refractivity contribution in [3.8, 4) is 11.8 Å². The van der Waals surface area contributed by atoms with Crippen LogP contribution in [0, 0.1) is 11.3 Å². The first-order valence-corrected chi connectivity index (χ1v) is 9.82. The third kappa shape index (κ3) is 4.05. The molecule has 0 aliphatic carbocycles. The van der Waals surface area contributed by atoms with Gasteiger partial charge in [0, 0.05) is 32.7 Å². The van der Waals surface area contributed by atoms with E-state index >= 15 is 0 Å². The molecular weight excluding hydrogens is 350 g/mol. The Balaban J connectivity index is 1.60. The van der Waals surface area contributed by atoms with Crippen LogP contribution in [0.25, 0.3) is 0 Å². The monoisotopic (exact) mass is 371 g/mol. The zero-order valence-corrected chi connectivity index (χ0v) is 15.4. The van der Waals surface area contributed by atoms with E-state index in [4.69, 9.17) is 10.00 Å². The van der Waals surface area contributed by atoms with Crippen molar-refractivity contribution in [2.24, 2.45) is 0 Å². The summed E-state index contributed by atoms with van der Waals surface area (Å²) in [7, 11) is -1.93. The van der Waals surface area contributed by atoms with Crippen molar-refractivity contribution in [2.75, 3.05) is 33.3 Å². The first kappa shape index (κ1) is 18.4. The van der Waals surface area contributed by atoms with Crippen LogP contribution in [0.3, 0.4) is 0 Å². The van der Waals surface area contributed by atoms with E-state index in [0.29, 0.717) is 42.4 Å². The van der Waals surface area contributed by atoms with E-state index in [1.165, 1.54) is 4.31 Å². The summed E-state index contributed by atoms with van der Waals surface area (Å²) in [4.78, 5) is 2.51. The summed E-state index contributed by atoms with van der Waals surface area (Å²) in [5, 5.41) is 8.85. The van der Waals surface area contributed by atoms with Crippen molar-refractivity contribution in [1.82, 2.24) is 9.21 Å². The van der Waals surface area contributed by atoms with Crippen molar-refractivity contribution in [2.45, 2.75) is 11.4 Å². The average molecular weight is 371 g/mol. The fourth-order valence-electron chi connectivity index (χ4n) is 2.97. The highest BCUT2D eigenvalue weighted by Gasteiger charge is 2.28. The first-order valence-electron chi connectivity index (χ1n) is 8.38. The Morgan fingerprint density at radius 2 is 1.62 bits per heavy atom. The lowest BCUT2D eigenvalue weighted by Crippen LogP contribution is -2.48. The predicted octanol–water partition coefficient (Wildman–Crippen LogP) is 2.07. The van der Waals surface area contributed by atoms with Gasteiger partial charge in [0.2, 0.25) is 10.0 Å². The molecule has 0 radical (unpaired) electrons. The second-order valence-corrected chi connectivity index (χ2v) is 8.10. The molecule has 1 aliphatic rings. The number of hydrogen-bond acceptors (Lipinski definition) is 5. The summed E-state index contributed by atoms with van der Waals surface area (Å²) in [5.41, 5.74) is 1.76. The minimum atomic E-state index is -3.48. The summed E-state index contributed by atoms with van der Waals surface area (Å²) >= 11 is 0. The normalized spacial score (nSPS) is 16.2. The highest BCUT2D eigenvalue weighted by molar-refractivity contribution is 7.89. The first-order chi connectivity index (χ1) is 12.5. The van der Waals surface area contributed by atoms with Gasteiger partial charge in [-0.05, 0) is 42.0 Å². The number of rotatable bonds is 5. The molecule has 1 saturated heterocycles. The minimum Gasteiger partial charge on any atom is -0.497 e. The van der Waals surface area contributed by atoms with E-state index in [1.54, 1.807) is 43.5 Å². The molecule has 1 aliphatic heterocycles. The Labute approximate surface area is 154 Å². The number of nitrogens with zero attached hydrogens (tertiary/aromatic N) is 3. The van der Waals surface area contributed by atoms with Gasteiger partial charge in [0.25, 0.3) is 0 Å². The minimum absolute atomic E-state index is 0.291. The van der Waals surface area contributed by atoms with Gasteiger partial charge in [-0.1, -0.05) is 12.1 Å². The third-order valence-electron chi connectivity index (χ3n) is 4.52. The second kappa shape index (κ2) is 7.87. The van der Waals surface area contributed by atoms with Crippen LogP contribution in [-0.4, -0.2) is 50.9 Å². The number of hydrogen-bond donors (Lipinski definition) is 0. The number of sulfonamides is 1. The Kier molecular flexibility index (Phi) is 5.57. The molecule has 0 bridgehead atoms. The standard InChI is InChI=1S/C19H21N3O3S/c1-25-18-6-8-19(9-7-18)26(23,24)22-12-10-21(11-13-22)15-17-4-2-16(14-20)3-5-17/h2-9H,10-13,15H2,1H3. The molecule has 0 spiro atoms. The van der Waals surface area contributed by atoms with Crippen molar-refractivity contribution in [3.05, 3.63) is 59.7 Å². The summed E-state index contributed by atoms with van der Waals surface area (Å²) in [6.07, 6.45) is 0. The van der Waals surface area contributed by atoms with Gasteiger partial charge in [-0.25, -0.2) is 8.42 Å². The molecular formula is C19H21N3O3S. The van der Waals surface area contributed by atoms with Gasteiger partial charge in [0.15, 0.2) is 0 Å². The maximum Gasteiger partial charge on any atom is 0.243 e. The van der Waals surface area contributed by atoms with Crippen molar-refractivity contribution >= 4 is 10.0 Å². The Bertz CT molecular complexity index is 879. The number of ether oxygens (including phenoxy) is 1. The average Bonchev–Trinajstić information content (AvgIpc) is 2.69. The maximum atomic E-state index is 12.8. The van der Waals surface area contributed by atoms with E-state index in [2.05, 4.69) is 11.0 Å². The van der Waals surface area contributed by atoms with Crippen LogP contribution in [0.1, 0.15) is 11.1 Å². The van der Waals surface area contributed by atoms with E-state index < -0.39 is 10.0 Å². The van der Waals surface area contributed by atoms with Crippen molar-refractivity contribution in [3.63, 3.8) is 0 Å². The molecule has 0 unspecified atom stereocenters. The molecule has 0 amide bonds. The highest BCUT2D eigenvalue weighted by Crippen LogP contribution is 2.21. The van der Waals surface area contributed by atoms with Gasteiger partial charge in [0.1, 0.15) is 5.75 Å². The molecule has 0 aromatic heterocycles. The summed E-state index contributed by atoms with van der Waals surface area (Å²) in [6, 6.07) is 16.1. The fourth-order valence-corrected chi connectivity index (χ4v) is 4.39. The molecule has 0 saturated carbocycles. The molecule has 0 N–H and O–H groups in total.